The largest absolute Gasteiger partial charge is 0.444 e. The third-order valence-corrected chi connectivity index (χ3v) is 2.40. The van der Waals surface area contributed by atoms with Crippen molar-refractivity contribution in [3.63, 3.8) is 0 Å². The van der Waals surface area contributed by atoms with Gasteiger partial charge in [0, 0.05) is 11.8 Å². The van der Waals surface area contributed by atoms with Crippen molar-refractivity contribution in [3.8, 4) is 0 Å². The predicted octanol–water partition coefficient (Wildman–Crippen LogP) is 2.96. The highest BCUT2D eigenvalue weighted by Gasteiger charge is 2.20. The predicted molar refractivity (Wildman–Crippen MR) is 74.1 cm³/mol. The van der Waals surface area contributed by atoms with E-state index >= 15 is 0 Å². The Labute approximate surface area is 114 Å². The monoisotopic (exact) mass is 266 g/mol. The van der Waals surface area contributed by atoms with Crippen LogP contribution in [0.15, 0.2) is 12.3 Å². The standard InChI is InChI=1S/C14H22N2O3/c1-9-7-10(14(5,6)18)8-15-11(9)16-12(17)19-13(2,3)4/h7-8,18H,1-6H3,(H,15,16,17). The molecular formula is C14H22N2O3. The van der Waals surface area contributed by atoms with Crippen LogP contribution >= 0.6 is 0 Å². The lowest BCUT2D eigenvalue weighted by atomic mass is 9.99. The molecule has 1 aromatic heterocycles. The molecule has 2 N–H and O–H groups in total. The molecule has 0 aromatic carbocycles. The van der Waals surface area contributed by atoms with E-state index in [1.165, 1.54) is 0 Å². The highest BCUT2D eigenvalue weighted by Crippen LogP contribution is 2.22. The van der Waals surface area contributed by atoms with Gasteiger partial charge in [0.05, 0.1) is 5.60 Å². The number of nitrogens with one attached hydrogen (secondary N) is 1. The van der Waals surface area contributed by atoms with Gasteiger partial charge in [-0.15, -0.1) is 0 Å². The second-order valence-corrected chi connectivity index (χ2v) is 6.08. The summed E-state index contributed by atoms with van der Waals surface area (Å²) in [5.74, 6) is 0.433. The fourth-order valence-corrected chi connectivity index (χ4v) is 1.44. The molecule has 0 saturated heterocycles. The number of amides is 1. The van der Waals surface area contributed by atoms with Crippen LogP contribution in [0, 0.1) is 6.92 Å². The quantitative estimate of drug-likeness (QED) is 0.863. The maximum Gasteiger partial charge on any atom is 0.413 e. The second-order valence-electron chi connectivity index (χ2n) is 6.08. The Morgan fingerprint density at radius 3 is 2.32 bits per heavy atom. The Bertz CT molecular complexity index is 471. The van der Waals surface area contributed by atoms with E-state index in [1.54, 1.807) is 46.9 Å². The van der Waals surface area contributed by atoms with Crippen molar-refractivity contribution in [3.05, 3.63) is 23.4 Å². The lowest BCUT2D eigenvalue weighted by Gasteiger charge is -2.21. The van der Waals surface area contributed by atoms with E-state index in [9.17, 15) is 9.90 Å². The van der Waals surface area contributed by atoms with E-state index in [1.807, 2.05) is 6.92 Å². The molecule has 106 valence electrons. The molecule has 19 heavy (non-hydrogen) atoms. The molecule has 0 unspecified atom stereocenters. The Morgan fingerprint density at radius 2 is 1.89 bits per heavy atom. The van der Waals surface area contributed by atoms with E-state index in [0.29, 0.717) is 11.4 Å². The van der Waals surface area contributed by atoms with Crippen LogP contribution in [0.25, 0.3) is 0 Å². The van der Waals surface area contributed by atoms with E-state index < -0.39 is 17.3 Å². The Hall–Kier alpha value is -1.62. The topological polar surface area (TPSA) is 71.5 Å². The molecule has 0 aliphatic rings. The SMILES string of the molecule is Cc1cc(C(C)(C)O)cnc1NC(=O)OC(C)(C)C. The van der Waals surface area contributed by atoms with Gasteiger partial charge in [-0.3, -0.25) is 5.32 Å². The molecule has 0 bridgehead atoms. The van der Waals surface area contributed by atoms with Gasteiger partial charge >= 0.3 is 6.09 Å². The molecule has 5 nitrogen and oxygen atoms in total. The average Bonchev–Trinajstić information content (AvgIpc) is 2.16. The lowest BCUT2D eigenvalue weighted by molar-refractivity contribution is 0.0635. The molecule has 5 heteroatoms. The summed E-state index contributed by atoms with van der Waals surface area (Å²) in [4.78, 5) is 15.8. The number of hydrogen-bond acceptors (Lipinski definition) is 4. The van der Waals surface area contributed by atoms with Crippen LogP contribution in [0.2, 0.25) is 0 Å². The fraction of sp³-hybridized carbons (Fsp3) is 0.571. The van der Waals surface area contributed by atoms with Crippen molar-refractivity contribution in [2.75, 3.05) is 5.32 Å². The van der Waals surface area contributed by atoms with Crippen LogP contribution in [0.4, 0.5) is 10.6 Å². The molecule has 0 atom stereocenters. The van der Waals surface area contributed by atoms with Gasteiger partial charge in [-0.2, -0.15) is 0 Å². The number of pyridine rings is 1. The molecule has 1 rings (SSSR count). The van der Waals surface area contributed by atoms with Gasteiger partial charge in [0.1, 0.15) is 11.4 Å². The Balaban J connectivity index is 2.84. The van der Waals surface area contributed by atoms with Crippen molar-refractivity contribution >= 4 is 11.9 Å². The smallest absolute Gasteiger partial charge is 0.413 e. The average molecular weight is 266 g/mol. The summed E-state index contributed by atoms with van der Waals surface area (Å²) < 4.78 is 5.15. The van der Waals surface area contributed by atoms with Crippen LogP contribution in [-0.4, -0.2) is 21.8 Å². The minimum atomic E-state index is -0.956. The van der Waals surface area contributed by atoms with Gasteiger partial charge in [0.25, 0.3) is 0 Å². The van der Waals surface area contributed by atoms with E-state index in [0.717, 1.165) is 5.56 Å². The third-order valence-electron chi connectivity index (χ3n) is 2.40. The molecule has 1 aromatic rings. The summed E-state index contributed by atoms with van der Waals surface area (Å²) in [5.41, 5.74) is -0.0435. The van der Waals surface area contributed by atoms with Gasteiger partial charge in [-0.05, 0) is 53.2 Å². The van der Waals surface area contributed by atoms with Crippen LogP contribution < -0.4 is 5.32 Å². The van der Waals surface area contributed by atoms with Crippen molar-refractivity contribution in [1.29, 1.82) is 0 Å². The number of carbonyl (C=O) groups excluding carboxylic acids is 1. The fourth-order valence-electron chi connectivity index (χ4n) is 1.44. The zero-order valence-electron chi connectivity index (χ0n) is 12.4. The number of aliphatic hydroxyl groups is 1. The highest BCUT2D eigenvalue weighted by molar-refractivity contribution is 5.84. The number of aryl methyl sites for hydroxylation is 1. The van der Waals surface area contributed by atoms with Gasteiger partial charge in [-0.1, -0.05) is 0 Å². The van der Waals surface area contributed by atoms with Gasteiger partial charge in [-0.25, -0.2) is 9.78 Å². The molecular weight excluding hydrogens is 244 g/mol. The number of hydrogen-bond donors (Lipinski definition) is 2. The number of ether oxygens (including phenoxy) is 1. The zero-order chi connectivity index (χ0) is 14.8. The zero-order valence-corrected chi connectivity index (χ0v) is 12.4. The summed E-state index contributed by atoms with van der Waals surface area (Å²) in [6.45, 7) is 10.6. The Morgan fingerprint density at radius 1 is 1.32 bits per heavy atom. The van der Waals surface area contributed by atoms with E-state index in [-0.39, 0.29) is 0 Å². The molecule has 0 saturated carbocycles. The summed E-state index contributed by atoms with van der Waals surface area (Å²) in [6.07, 6.45) is 0.999. The molecule has 0 spiro atoms. The first-order valence-electron chi connectivity index (χ1n) is 6.18. The van der Waals surface area contributed by atoms with Crippen LogP contribution in [0.3, 0.4) is 0 Å². The first-order valence-corrected chi connectivity index (χ1v) is 6.18. The highest BCUT2D eigenvalue weighted by atomic mass is 16.6. The molecule has 0 fully saturated rings. The minimum absolute atomic E-state index is 0.433. The maximum absolute atomic E-state index is 11.6. The Kier molecular flexibility index (Phi) is 4.20. The number of nitrogens with zero attached hydrogens (tertiary/aromatic N) is 1. The number of carbonyl (C=O) groups is 1. The minimum Gasteiger partial charge on any atom is -0.444 e. The van der Waals surface area contributed by atoms with E-state index in [4.69, 9.17) is 4.74 Å². The van der Waals surface area contributed by atoms with Gasteiger partial charge < -0.3 is 9.84 Å². The first kappa shape index (κ1) is 15.4. The van der Waals surface area contributed by atoms with E-state index in [2.05, 4.69) is 10.3 Å². The number of aromatic nitrogens is 1. The van der Waals surface area contributed by atoms with Crippen LogP contribution in [0.1, 0.15) is 45.7 Å². The first-order chi connectivity index (χ1) is 8.49. The lowest BCUT2D eigenvalue weighted by Crippen LogP contribution is -2.28. The van der Waals surface area contributed by atoms with Crippen LogP contribution in [-0.2, 0) is 10.3 Å². The number of rotatable bonds is 2. The summed E-state index contributed by atoms with van der Waals surface area (Å²) in [7, 11) is 0. The van der Waals surface area contributed by atoms with Crippen molar-refractivity contribution in [2.45, 2.75) is 52.7 Å². The summed E-state index contributed by atoms with van der Waals surface area (Å²) in [6, 6.07) is 1.79. The van der Waals surface area contributed by atoms with Gasteiger partial charge in [0.15, 0.2) is 0 Å². The van der Waals surface area contributed by atoms with Gasteiger partial charge in [0.2, 0.25) is 0 Å². The molecule has 0 aliphatic carbocycles. The second kappa shape index (κ2) is 5.17. The molecule has 0 aliphatic heterocycles. The maximum atomic E-state index is 11.6. The summed E-state index contributed by atoms with van der Waals surface area (Å²) >= 11 is 0. The van der Waals surface area contributed by atoms with Crippen LogP contribution in [0.5, 0.6) is 0 Å². The third kappa shape index (κ3) is 4.87. The van der Waals surface area contributed by atoms with Crippen molar-refractivity contribution < 1.29 is 14.6 Å². The van der Waals surface area contributed by atoms with Crippen molar-refractivity contribution in [2.24, 2.45) is 0 Å². The molecule has 1 heterocycles. The molecule has 0 radical (unpaired) electrons. The number of anilines is 1. The normalized spacial score (nSPS) is 12.2. The van der Waals surface area contributed by atoms with Crippen molar-refractivity contribution in [1.82, 2.24) is 4.98 Å². The molecule has 1 amide bonds. The summed E-state index contributed by atoms with van der Waals surface area (Å²) in [5, 5.41) is 12.5.